The number of likely N-dealkylation sites (tertiary alicyclic amines) is 1. The molecule has 0 bridgehead atoms. The van der Waals surface area contributed by atoms with E-state index in [1.807, 2.05) is 23.1 Å². The number of ether oxygens (including phenoxy) is 3. The van der Waals surface area contributed by atoms with Crippen molar-refractivity contribution in [3.63, 3.8) is 0 Å². The molecule has 0 aliphatic carbocycles. The summed E-state index contributed by atoms with van der Waals surface area (Å²) in [5.74, 6) is 1.16. The number of carbonyl (C=O) groups excluding carboxylic acids is 1. The Morgan fingerprint density at radius 2 is 2.00 bits per heavy atom. The molecule has 5 nitrogen and oxygen atoms in total. The highest BCUT2D eigenvalue weighted by Gasteiger charge is 2.34. The second-order valence-electron chi connectivity index (χ2n) is 6.93. The topological polar surface area (TPSA) is 48.0 Å². The lowest BCUT2D eigenvalue weighted by molar-refractivity contribution is -0.138. The summed E-state index contributed by atoms with van der Waals surface area (Å²) in [4.78, 5) is 14.9. The maximum atomic E-state index is 13.2. The largest absolute Gasteiger partial charge is 0.486 e. The Hall–Kier alpha value is -2.47. The van der Waals surface area contributed by atoms with Crippen LogP contribution in [-0.4, -0.2) is 36.7 Å². The maximum Gasteiger partial charge on any atom is 0.263 e. The number of nitrogens with zero attached hydrogens (tertiary/aromatic N) is 1. The van der Waals surface area contributed by atoms with Crippen LogP contribution in [0.25, 0.3) is 0 Å². The van der Waals surface area contributed by atoms with Crippen LogP contribution in [0, 0.1) is 5.82 Å². The Bertz CT molecular complexity index is 891. The number of hydrogen-bond acceptors (Lipinski definition) is 4. The third kappa shape index (κ3) is 3.74. The first-order valence-electron chi connectivity index (χ1n) is 9.34. The standard InChI is InChI=1S/C21H21ClFNO4/c1-13(28-18-7-5-15(23)12-16(18)22)21(25)24-8-2-3-17(24)14-4-6-19-20(11-14)27-10-9-26-19/h4-7,11-13,17H,2-3,8-10H2,1H3. The molecule has 2 aromatic rings. The van der Waals surface area contributed by atoms with Gasteiger partial charge in [0.2, 0.25) is 0 Å². The molecule has 148 valence electrons. The highest BCUT2D eigenvalue weighted by atomic mass is 35.5. The molecule has 2 aliphatic rings. The molecule has 4 rings (SSSR count). The van der Waals surface area contributed by atoms with Crippen molar-refractivity contribution in [2.24, 2.45) is 0 Å². The summed E-state index contributed by atoms with van der Waals surface area (Å²) < 4.78 is 30.2. The van der Waals surface area contributed by atoms with Crippen molar-refractivity contribution in [2.75, 3.05) is 19.8 Å². The fourth-order valence-electron chi connectivity index (χ4n) is 3.69. The molecule has 0 spiro atoms. The number of halogens is 2. The molecule has 0 saturated carbocycles. The molecular weight excluding hydrogens is 385 g/mol. The third-order valence-corrected chi connectivity index (χ3v) is 5.33. The zero-order chi connectivity index (χ0) is 19.7. The van der Waals surface area contributed by atoms with Crippen LogP contribution in [-0.2, 0) is 4.79 Å². The Kier molecular flexibility index (Phi) is 5.31. The molecule has 2 atom stereocenters. The SMILES string of the molecule is CC(Oc1ccc(F)cc1Cl)C(=O)N1CCCC1c1ccc2c(c1)OCCO2. The zero-order valence-electron chi connectivity index (χ0n) is 15.5. The van der Waals surface area contributed by atoms with Crippen molar-refractivity contribution in [2.45, 2.75) is 31.9 Å². The lowest BCUT2D eigenvalue weighted by atomic mass is 10.0. The molecule has 0 radical (unpaired) electrons. The van der Waals surface area contributed by atoms with Crippen LogP contribution >= 0.6 is 11.6 Å². The van der Waals surface area contributed by atoms with Crippen LogP contribution in [0.2, 0.25) is 5.02 Å². The van der Waals surface area contributed by atoms with Crippen LogP contribution in [0.3, 0.4) is 0 Å². The highest BCUT2D eigenvalue weighted by molar-refractivity contribution is 6.32. The molecule has 1 amide bonds. The third-order valence-electron chi connectivity index (χ3n) is 5.03. The molecule has 0 N–H and O–H groups in total. The van der Waals surface area contributed by atoms with Crippen LogP contribution in [0.15, 0.2) is 36.4 Å². The van der Waals surface area contributed by atoms with Gasteiger partial charge < -0.3 is 19.1 Å². The van der Waals surface area contributed by atoms with Gasteiger partial charge >= 0.3 is 0 Å². The van der Waals surface area contributed by atoms with Crippen molar-refractivity contribution < 1.29 is 23.4 Å². The molecular formula is C21H21ClFNO4. The van der Waals surface area contributed by atoms with Gasteiger partial charge in [-0.1, -0.05) is 17.7 Å². The maximum absolute atomic E-state index is 13.2. The number of rotatable bonds is 4. The number of carbonyl (C=O) groups is 1. The summed E-state index contributed by atoms with van der Waals surface area (Å²) in [5.41, 5.74) is 1.02. The van der Waals surface area contributed by atoms with E-state index in [9.17, 15) is 9.18 Å². The molecule has 2 aromatic carbocycles. The number of fused-ring (bicyclic) bond motifs is 1. The average Bonchev–Trinajstić information content (AvgIpc) is 3.19. The van der Waals surface area contributed by atoms with Gasteiger partial charge in [-0.05, 0) is 55.7 Å². The van der Waals surface area contributed by atoms with Crippen LogP contribution in [0.4, 0.5) is 4.39 Å². The van der Waals surface area contributed by atoms with Crippen LogP contribution in [0.1, 0.15) is 31.4 Å². The van der Waals surface area contributed by atoms with Crippen molar-refractivity contribution in [1.29, 1.82) is 0 Å². The Morgan fingerprint density at radius 3 is 2.79 bits per heavy atom. The van der Waals surface area contributed by atoms with Gasteiger partial charge in [0, 0.05) is 6.54 Å². The molecule has 2 aliphatic heterocycles. The fraction of sp³-hybridized carbons (Fsp3) is 0.381. The first kappa shape index (κ1) is 18.9. The minimum absolute atomic E-state index is 0.0435. The smallest absolute Gasteiger partial charge is 0.263 e. The van der Waals surface area contributed by atoms with Crippen molar-refractivity contribution in [3.05, 3.63) is 52.8 Å². The summed E-state index contributed by atoms with van der Waals surface area (Å²) in [6, 6.07) is 9.64. The van der Waals surface area contributed by atoms with Crippen LogP contribution in [0.5, 0.6) is 17.2 Å². The average molecular weight is 406 g/mol. The van der Waals surface area contributed by atoms with E-state index in [0.717, 1.165) is 24.2 Å². The summed E-state index contributed by atoms with van der Waals surface area (Å²) in [5, 5.41) is 0.143. The van der Waals surface area contributed by atoms with Gasteiger partial charge in [-0.2, -0.15) is 0 Å². The lowest BCUT2D eigenvalue weighted by Gasteiger charge is -2.29. The monoisotopic (exact) mass is 405 g/mol. The summed E-state index contributed by atoms with van der Waals surface area (Å²) in [6.07, 6.45) is 1.05. The van der Waals surface area contributed by atoms with Crippen LogP contribution < -0.4 is 14.2 Å². The second-order valence-corrected chi connectivity index (χ2v) is 7.33. The van der Waals surface area contributed by atoms with E-state index in [1.165, 1.54) is 18.2 Å². The molecule has 7 heteroatoms. The predicted octanol–water partition coefficient (Wildman–Crippen LogP) is 4.38. The van der Waals surface area contributed by atoms with E-state index in [4.69, 9.17) is 25.8 Å². The summed E-state index contributed by atoms with van der Waals surface area (Å²) in [6.45, 7) is 3.40. The molecule has 28 heavy (non-hydrogen) atoms. The lowest BCUT2D eigenvalue weighted by Crippen LogP contribution is -2.40. The number of benzene rings is 2. The van der Waals surface area contributed by atoms with Gasteiger partial charge in [-0.3, -0.25) is 4.79 Å². The van der Waals surface area contributed by atoms with E-state index in [2.05, 4.69) is 0 Å². The normalized spacial score (nSPS) is 19.4. The van der Waals surface area contributed by atoms with Gasteiger partial charge in [0.05, 0.1) is 11.1 Å². The van der Waals surface area contributed by atoms with Crippen molar-refractivity contribution in [1.82, 2.24) is 4.90 Å². The first-order valence-corrected chi connectivity index (χ1v) is 9.72. The summed E-state index contributed by atoms with van der Waals surface area (Å²) >= 11 is 6.01. The van der Waals surface area contributed by atoms with E-state index >= 15 is 0 Å². The van der Waals surface area contributed by atoms with E-state index in [-0.39, 0.29) is 17.0 Å². The molecule has 0 aromatic heterocycles. The zero-order valence-corrected chi connectivity index (χ0v) is 16.2. The van der Waals surface area contributed by atoms with Gasteiger partial charge in [0.1, 0.15) is 24.8 Å². The minimum Gasteiger partial charge on any atom is -0.486 e. The Labute approximate surface area is 167 Å². The van der Waals surface area contributed by atoms with Gasteiger partial charge in [-0.25, -0.2) is 4.39 Å². The highest BCUT2D eigenvalue weighted by Crippen LogP contribution is 2.38. The molecule has 2 unspecified atom stereocenters. The van der Waals surface area contributed by atoms with Gasteiger partial charge in [0.25, 0.3) is 5.91 Å². The predicted molar refractivity (Wildman–Crippen MR) is 103 cm³/mol. The quantitative estimate of drug-likeness (QED) is 0.757. The minimum atomic E-state index is -0.735. The van der Waals surface area contributed by atoms with E-state index < -0.39 is 11.9 Å². The fourth-order valence-corrected chi connectivity index (χ4v) is 3.90. The van der Waals surface area contributed by atoms with E-state index in [1.54, 1.807) is 6.92 Å². The van der Waals surface area contributed by atoms with Gasteiger partial charge in [0.15, 0.2) is 17.6 Å². The Balaban J connectivity index is 1.50. The number of amides is 1. The van der Waals surface area contributed by atoms with Crippen molar-refractivity contribution >= 4 is 17.5 Å². The molecule has 2 heterocycles. The van der Waals surface area contributed by atoms with E-state index in [0.29, 0.717) is 31.3 Å². The van der Waals surface area contributed by atoms with Gasteiger partial charge in [-0.15, -0.1) is 0 Å². The molecule has 1 fully saturated rings. The molecule has 1 saturated heterocycles. The first-order chi connectivity index (χ1) is 13.5. The second kappa shape index (κ2) is 7.87. The van der Waals surface area contributed by atoms with Crippen molar-refractivity contribution in [3.8, 4) is 17.2 Å². The number of hydrogen-bond donors (Lipinski definition) is 0. The summed E-state index contributed by atoms with van der Waals surface area (Å²) in [7, 11) is 0. The Morgan fingerprint density at radius 1 is 1.21 bits per heavy atom.